The summed E-state index contributed by atoms with van der Waals surface area (Å²) in [4.78, 5) is 25.6. The van der Waals surface area contributed by atoms with Crippen LogP contribution >= 0.6 is 0 Å². The Bertz CT molecular complexity index is 465. The number of likely N-dealkylation sites (tertiary alicyclic amines) is 1. The van der Waals surface area contributed by atoms with Crippen LogP contribution in [-0.2, 0) is 9.53 Å². The molecule has 1 saturated carbocycles. The molecule has 2 amide bonds. The van der Waals surface area contributed by atoms with Crippen LogP contribution in [0.2, 0.25) is 0 Å². The van der Waals surface area contributed by atoms with E-state index in [9.17, 15) is 14.0 Å². The summed E-state index contributed by atoms with van der Waals surface area (Å²) in [5, 5.41) is 2.82. The van der Waals surface area contributed by atoms with Crippen molar-refractivity contribution in [3.8, 4) is 0 Å². The molecule has 2 aliphatic rings. The number of allylic oxidation sites excluding steroid dienone is 1. The Morgan fingerprint density at radius 2 is 2.05 bits per heavy atom. The highest BCUT2D eigenvalue weighted by molar-refractivity contribution is 5.86. The summed E-state index contributed by atoms with van der Waals surface area (Å²) < 4.78 is 18.9. The van der Waals surface area contributed by atoms with Crippen molar-refractivity contribution in [2.75, 3.05) is 13.1 Å². The molecule has 0 aromatic heterocycles. The van der Waals surface area contributed by atoms with E-state index in [-0.39, 0.29) is 18.9 Å². The number of amides is 2. The number of alkyl halides is 1. The summed E-state index contributed by atoms with van der Waals surface area (Å²) in [5.74, 6) is 0.109. The zero-order valence-corrected chi connectivity index (χ0v) is 13.5. The average molecular weight is 312 g/mol. The number of carbonyl (C=O) groups excluding carboxylic acids is 2. The highest BCUT2D eigenvalue weighted by atomic mass is 19.1. The third-order valence-electron chi connectivity index (χ3n) is 3.90. The minimum atomic E-state index is -1.19. The molecule has 2 rings (SSSR count). The SMILES string of the molecule is C=C1CC(CNC(=O)[C@@H]2C[C@H](F)CN2C(=O)OC(C)(C)C)C1. The number of carbonyl (C=O) groups is 2. The fraction of sp³-hybridized carbons (Fsp3) is 0.750. The molecule has 1 aliphatic heterocycles. The first-order valence-corrected chi connectivity index (χ1v) is 7.74. The number of rotatable bonds is 3. The molecule has 1 aliphatic carbocycles. The van der Waals surface area contributed by atoms with E-state index in [1.54, 1.807) is 20.8 Å². The monoisotopic (exact) mass is 312 g/mol. The molecule has 0 bridgehead atoms. The Morgan fingerprint density at radius 1 is 1.41 bits per heavy atom. The molecule has 5 nitrogen and oxygen atoms in total. The lowest BCUT2D eigenvalue weighted by Crippen LogP contribution is -2.48. The van der Waals surface area contributed by atoms with Gasteiger partial charge in [0.25, 0.3) is 0 Å². The first kappa shape index (κ1) is 16.8. The van der Waals surface area contributed by atoms with Crippen molar-refractivity contribution in [1.29, 1.82) is 0 Å². The summed E-state index contributed by atoms with van der Waals surface area (Å²) in [7, 11) is 0. The Kier molecular flexibility index (Phi) is 4.78. The van der Waals surface area contributed by atoms with Crippen LogP contribution in [-0.4, -0.2) is 47.8 Å². The van der Waals surface area contributed by atoms with Gasteiger partial charge in [0.05, 0.1) is 6.54 Å². The van der Waals surface area contributed by atoms with E-state index in [1.807, 2.05) is 0 Å². The minimum Gasteiger partial charge on any atom is -0.444 e. The standard InChI is InChI=1S/C16H25FN2O3/c1-10-5-11(6-10)8-18-14(20)13-7-12(17)9-19(13)15(21)22-16(2,3)4/h11-13H,1,5-9H2,2-4H3,(H,18,20)/t12-,13-/m0/s1. The topological polar surface area (TPSA) is 58.6 Å². The van der Waals surface area contributed by atoms with Gasteiger partial charge in [-0.15, -0.1) is 0 Å². The van der Waals surface area contributed by atoms with Crippen LogP contribution in [0.3, 0.4) is 0 Å². The van der Waals surface area contributed by atoms with E-state index in [1.165, 1.54) is 10.5 Å². The normalized spacial score (nSPS) is 25.8. The van der Waals surface area contributed by atoms with Gasteiger partial charge in [0, 0.05) is 13.0 Å². The van der Waals surface area contributed by atoms with Crippen molar-refractivity contribution in [3.05, 3.63) is 12.2 Å². The van der Waals surface area contributed by atoms with E-state index in [4.69, 9.17) is 4.74 Å². The molecular weight excluding hydrogens is 287 g/mol. The second kappa shape index (κ2) is 6.26. The summed E-state index contributed by atoms with van der Waals surface area (Å²) in [6, 6.07) is -0.784. The average Bonchev–Trinajstić information content (AvgIpc) is 2.73. The zero-order valence-electron chi connectivity index (χ0n) is 13.5. The second-order valence-electron chi connectivity index (χ2n) is 7.25. The number of nitrogens with one attached hydrogen (secondary N) is 1. The highest BCUT2D eigenvalue weighted by Crippen LogP contribution is 2.30. The maximum absolute atomic E-state index is 13.7. The van der Waals surface area contributed by atoms with E-state index in [0.717, 1.165) is 12.8 Å². The molecular formula is C16H25FN2O3. The Hall–Kier alpha value is -1.59. The third-order valence-corrected chi connectivity index (χ3v) is 3.90. The molecule has 0 unspecified atom stereocenters. The van der Waals surface area contributed by atoms with Crippen LogP contribution in [0.1, 0.15) is 40.0 Å². The number of hydrogen-bond acceptors (Lipinski definition) is 3. The molecule has 1 saturated heterocycles. The largest absolute Gasteiger partial charge is 0.444 e. The number of ether oxygens (including phenoxy) is 1. The predicted octanol–water partition coefficient (Wildman–Crippen LogP) is 2.42. The van der Waals surface area contributed by atoms with Gasteiger partial charge in [-0.1, -0.05) is 12.2 Å². The van der Waals surface area contributed by atoms with Crippen LogP contribution in [0.15, 0.2) is 12.2 Å². The predicted molar refractivity (Wildman–Crippen MR) is 81.1 cm³/mol. The van der Waals surface area contributed by atoms with Gasteiger partial charge >= 0.3 is 6.09 Å². The molecule has 22 heavy (non-hydrogen) atoms. The van der Waals surface area contributed by atoms with Gasteiger partial charge in [0.1, 0.15) is 17.8 Å². The lowest BCUT2D eigenvalue weighted by Gasteiger charge is -2.30. The van der Waals surface area contributed by atoms with E-state index >= 15 is 0 Å². The van der Waals surface area contributed by atoms with Gasteiger partial charge < -0.3 is 10.1 Å². The molecule has 1 heterocycles. The quantitative estimate of drug-likeness (QED) is 0.814. The second-order valence-corrected chi connectivity index (χ2v) is 7.25. The molecule has 0 aromatic rings. The molecule has 0 spiro atoms. The van der Waals surface area contributed by atoms with Crippen molar-refractivity contribution < 1.29 is 18.7 Å². The van der Waals surface area contributed by atoms with Crippen molar-refractivity contribution in [3.63, 3.8) is 0 Å². The van der Waals surface area contributed by atoms with Crippen LogP contribution in [0, 0.1) is 5.92 Å². The van der Waals surface area contributed by atoms with Crippen molar-refractivity contribution in [2.24, 2.45) is 5.92 Å². The smallest absolute Gasteiger partial charge is 0.411 e. The van der Waals surface area contributed by atoms with Crippen LogP contribution in [0.4, 0.5) is 9.18 Å². The molecule has 0 aromatic carbocycles. The fourth-order valence-corrected chi connectivity index (χ4v) is 2.82. The molecule has 6 heteroatoms. The van der Waals surface area contributed by atoms with Gasteiger partial charge in [-0.05, 0) is 39.5 Å². The summed E-state index contributed by atoms with van der Waals surface area (Å²) >= 11 is 0. The summed E-state index contributed by atoms with van der Waals surface area (Å²) in [6.07, 6.45) is 0.0537. The maximum Gasteiger partial charge on any atom is 0.411 e. The van der Waals surface area contributed by atoms with E-state index in [0.29, 0.717) is 12.5 Å². The van der Waals surface area contributed by atoms with Crippen LogP contribution in [0.25, 0.3) is 0 Å². The number of hydrogen-bond donors (Lipinski definition) is 1. The lowest BCUT2D eigenvalue weighted by atomic mass is 9.81. The van der Waals surface area contributed by atoms with Crippen molar-refractivity contribution in [1.82, 2.24) is 10.2 Å². The Balaban J connectivity index is 1.90. The van der Waals surface area contributed by atoms with E-state index in [2.05, 4.69) is 11.9 Å². The molecule has 2 atom stereocenters. The van der Waals surface area contributed by atoms with Crippen molar-refractivity contribution >= 4 is 12.0 Å². The molecule has 124 valence electrons. The van der Waals surface area contributed by atoms with Gasteiger partial charge in [0.2, 0.25) is 5.91 Å². The van der Waals surface area contributed by atoms with Gasteiger partial charge in [0.15, 0.2) is 0 Å². The first-order valence-electron chi connectivity index (χ1n) is 7.74. The number of halogens is 1. The van der Waals surface area contributed by atoms with Crippen LogP contribution in [0.5, 0.6) is 0 Å². The molecule has 2 fully saturated rings. The van der Waals surface area contributed by atoms with E-state index < -0.39 is 23.9 Å². The number of nitrogens with zero attached hydrogens (tertiary/aromatic N) is 1. The Morgan fingerprint density at radius 3 is 2.59 bits per heavy atom. The third kappa shape index (κ3) is 4.21. The molecule has 0 radical (unpaired) electrons. The minimum absolute atomic E-state index is 0.0302. The highest BCUT2D eigenvalue weighted by Gasteiger charge is 2.41. The first-order chi connectivity index (χ1) is 10.2. The summed E-state index contributed by atoms with van der Waals surface area (Å²) in [5.41, 5.74) is 0.526. The maximum atomic E-state index is 13.7. The lowest BCUT2D eigenvalue weighted by molar-refractivity contribution is -0.125. The zero-order chi connectivity index (χ0) is 16.5. The van der Waals surface area contributed by atoms with Gasteiger partial charge in [-0.2, -0.15) is 0 Å². The van der Waals surface area contributed by atoms with Gasteiger partial charge in [-0.25, -0.2) is 9.18 Å². The molecule has 1 N–H and O–H groups in total. The van der Waals surface area contributed by atoms with Gasteiger partial charge in [-0.3, -0.25) is 9.69 Å². The summed E-state index contributed by atoms with van der Waals surface area (Å²) in [6.45, 7) is 9.55. The Labute approximate surface area is 130 Å². The fourth-order valence-electron chi connectivity index (χ4n) is 2.82. The van der Waals surface area contributed by atoms with Crippen LogP contribution < -0.4 is 5.32 Å². The van der Waals surface area contributed by atoms with Crippen molar-refractivity contribution in [2.45, 2.75) is 57.8 Å².